The van der Waals surface area contributed by atoms with Crippen molar-refractivity contribution >= 4 is 34.3 Å². The number of hydrogen-bond acceptors (Lipinski definition) is 4. The highest BCUT2D eigenvalue weighted by Gasteiger charge is 2.11. The zero-order chi connectivity index (χ0) is 18.7. The van der Waals surface area contributed by atoms with E-state index in [0.29, 0.717) is 28.2 Å². The second-order valence-corrected chi connectivity index (χ2v) is 7.25. The number of benzene rings is 2. The van der Waals surface area contributed by atoms with E-state index in [9.17, 15) is 9.59 Å². The summed E-state index contributed by atoms with van der Waals surface area (Å²) in [7, 11) is 1.71. The lowest BCUT2D eigenvalue weighted by Gasteiger charge is -2.12. The maximum Gasteiger partial charge on any atom is 0.261 e. The Hall–Kier alpha value is -2.60. The highest BCUT2D eigenvalue weighted by Crippen LogP contribution is 2.21. The van der Waals surface area contributed by atoms with Gasteiger partial charge in [-0.3, -0.25) is 14.2 Å². The number of aryl methyl sites for hydroxylation is 2. The Kier molecular flexibility index (Phi) is 5.42. The molecule has 0 saturated heterocycles. The first-order chi connectivity index (χ1) is 12.5. The number of hydrogen-bond donors (Lipinski definition) is 1. The number of nitrogens with zero attached hydrogens (tertiary/aromatic N) is 2. The molecule has 1 heterocycles. The summed E-state index contributed by atoms with van der Waals surface area (Å²) in [6.07, 6.45) is 0.348. The van der Waals surface area contributed by atoms with E-state index in [0.717, 1.165) is 16.8 Å². The molecule has 0 saturated carbocycles. The molecule has 3 rings (SSSR count). The van der Waals surface area contributed by atoms with Crippen LogP contribution >= 0.6 is 11.8 Å². The van der Waals surface area contributed by atoms with Crippen LogP contribution in [0.5, 0.6) is 0 Å². The zero-order valence-corrected chi connectivity index (χ0v) is 15.9. The van der Waals surface area contributed by atoms with Gasteiger partial charge in [0.2, 0.25) is 5.91 Å². The van der Waals surface area contributed by atoms with Gasteiger partial charge >= 0.3 is 0 Å². The van der Waals surface area contributed by atoms with Gasteiger partial charge in [-0.1, -0.05) is 42.1 Å². The van der Waals surface area contributed by atoms with E-state index < -0.39 is 0 Å². The number of amides is 1. The average molecular weight is 367 g/mol. The standard InChI is InChI=1S/C20H21N3O2S/c1-13-7-6-8-14(2)18(13)22-17(24)11-12-26-20-21-16-10-5-4-9-15(16)19(25)23(20)3/h4-10H,11-12H2,1-3H3,(H,22,24). The second-order valence-electron chi connectivity index (χ2n) is 6.19. The lowest BCUT2D eigenvalue weighted by atomic mass is 10.1. The Bertz CT molecular complexity index is 1010. The number of carbonyl (C=O) groups excluding carboxylic acids is 1. The van der Waals surface area contributed by atoms with E-state index in [4.69, 9.17) is 0 Å². The van der Waals surface area contributed by atoms with Crippen molar-refractivity contribution < 1.29 is 4.79 Å². The van der Waals surface area contributed by atoms with Gasteiger partial charge in [0.1, 0.15) is 0 Å². The molecule has 0 aliphatic rings. The summed E-state index contributed by atoms with van der Waals surface area (Å²) >= 11 is 1.41. The summed E-state index contributed by atoms with van der Waals surface area (Å²) in [5, 5.41) is 4.20. The molecule has 0 atom stereocenters. The third-order valence-corrected chi connectivity index (χ3v) is 5.28. The summed E-state index contributed by atoms with van der Waals surface area (Å²) in [4.78, 5) is 29.2. The number of aromatic nitrogens is 2. The number of para-hydroxylation sites is 2. The number of nitrogens with one attached hydrogen (secondary N) is 1. The number of anilines is 1. The van der Waals surface area contributed by atoms with Crippen LogP contribution in [0.15, 0.2) is 52.4 Å². The van der Waals surface area contributed by atoms with Gasteiger partial charge in [0.15, 0.2) is 5.16 Å². The van der Waals surface area contributed by atoms with Crippen molar-refractivity contribution in [3.8, 4) is 0 Å². The first-order valence-electron chi connectivity index (χ1n) is 8.42. The van der Waals surface area contributed by atoms with Gasteiger partial charge in [-0.05, 0) is 37.1 Å². The SMILES string of the molecule is Cc1cccc(C)c1NC(=O)CCSc1nc2ccccc2c(=O)n1C. The molecule has 6 heteroatoms. The van der Waals surface area contributed by atoms with E-state index in [2.05, 4.69) is 10.3 Å². The van der Waals surface area contributed by atoms with Gasteiger partial charge in [0.25, 0.3) is 5.56 Å². The predicted octanol–water partition coefficient (Wildman–Crippen LogP) is 3.67. The van der Waals surface area contributed by atoms with Gasteiger partial charge in [0.05, 0.1) is 10.9 Å². The van der Waals surface area contributed by atoms with Crippen molar-refractivity contribution in [2.24, 2.45) is 7.05 Å². The average Bonchev–Trinajstić information content (AvgIpc) is 2.62. The van der Waals surface area contributed by atoms with Crippen LogP contribution in [0.25, 0.3) is 10.9 Å². The van der Waals surface area contributed by atoms with Crippen molar-refractivity contribution in [3.63, 3.8) is 0 Å². The Morgan fingerprint density at radius 2 is 1.81 bits per heavy atom. The van der Waals surface area contributed by atoms with E-state index in [-0.39, 0.29) is 11.5 Å². The minimum Gasteiger partial charge on any atom is -0.326 e. The predicted molar refractivity (Wildman–Crippen MR) is 107 cm³/mol. The number of fused-ring (bicyclic) bond motifs is 1. The fourth-order valence-corrected chi connectivity index (χ4v) is 3.68. The number of carbonyl (C=O) groups is 1. The van der Waals surface area contributed by atoms with Gasteiger partial charge in [-0.2, -0.15) is 0 Å². The summed E-state index contributed by atoms with van der Waals surface area (Å²) in [6.45, 7) is 3.96. The third kappa shape index (κ3) is 3.80. The molecule has 1 N–H and O–H groups in total. The molecular formula is C20H21N3O2S. The van der Waals surface area contributed by atoms with Crippen LogP contribution in [0, 0.1) is 13.8 Å². The molecule has 2 aromatic carbocycles. The van der Waals surface area contributed by atoms with E-state index >= 15 is 0 Å². The second kappa shape index (κ2) is 7.74. The third-order valence-electron chi connectivity index (χ3n) is 4.25. The first-order valence-corrected chi connectivity index (χ1v) is 9.40. The fourth-order valence-electron chi connectivity index (χ4n) is 2.78. The summed E-state index contributed by atoms with van der Waals surface area (Å²) in [5.74, 6) is 0.510. The molecule has 1 aromatic heterocycles. The van der Waals surface area contributed by atoms with Crippen LogP contribution in [-0.4, -0.2) is 21.2 Å². The zero-order valence-electron chi connectivity index (χ0n) is 15.1. The summed E-state index contributed by atoms with van der Waals surface area (Å²) < 4.78 is 1.54. The molecule has 134 valence electrons. The Labute approximate surface area is 156 Å². The minimum absolute atomic E-state index is 0.0410. The maximum absolute atomic E-state index is 12.4. The number of thioether (sulfide) groups is 1. The molecule has 0 fully saturated rings. The summed E-state index contributed by atoms with van der Waals surface area (Å²) in [6, 6.07) is 13.2. The molecule has 0 spiro atoms. The smallest absolute Gasteiger partial charge is 0.261 e. The van der Waals surface area contributed by atoms with Gasteiger partial charge < -0.3 is 5.32 Å². The van der Waals surface area contributed by atoms with Crippen molar-refractivity contribution in [2.75, 3.05) is 11.1 Å². The largest absolute Gasteiger partial charge is 0.326 e. The fraction of sp³-hybridized carbons (Fsp3) is 0.250. The molecular weight excluding hydrogens is 346 g/mol. The van der Waals surface area contributed by atoms with Gasteiger partial charge in [-0.25, -0.2) is 4.98 Å². The lowest BCUT2D eigenvalue weighted by molar-refractivity contribution is -0.115. The molecule has 0 bridgehead atoms. The first kappa shape index (κ1) is 18.2. The minimum atomic E-state index is -0.0712. The molecule has 5 nitrogen and oxygen atoms in total. The maximum atomic E-state index is 12.4. The summed E-state index contributed by atoms with van der Waals surface area (Å²) in [5.41, 5.74) is 3.57. The molecule has 1 amide bonds. The van der Waals surface area contributed by atoms with Gasteiger partial charge in [0, 0.05) is 24.9 Å². The van der Waals surface area contributed by atoms with E-state index in [1.807, 2.05) is 50.2 Å². The van der Waals surface area contributed by atoms with Gasteiger partial charge in [-0.15, -0.1) is 0 Å². The number of rotatable bonds is 5. The van der Waals surface area contributed by atoms with Crippen LogP contribution in [0.1, 0.15) is 17.5 Å². The highest BCUT2D eigenvalue weighted by atomic mass is 32.2. The monoisotopic (exact) mass is 367 g/mol. The quantitative estimate of drug-likeness (QED) is 0.552. The van der Waals surface area contributed by atoms with E-state index in [1.165, 1.54) is 16.3 Å². The molecule has 26 heavy (non-hydrogen) atoms. The molecule has 0 aliphatic carbocycles. The Morgan fingerprint density at radius 3 is 2.54 bits per heavy atom. The Morgan fingerprint density at radius 1 is 1.12 bits per heavy atom. The normalized spacial score (nSPS) is 10.9. The molecule has 3 aromatic rings. The van der Waals surface area contributed by atoms with Crippen LogP contribution in [-0.2, 0) is 11.8 Å². The lowest BCUT2D eigenvalue weighted by Crippen LogP contribution is -2.20. The van der Waals surface area contributed by atoms with Crippen molar-refractivity contribution in [2.45, 2.75) is 25.4 Å². The molecule has 0 aliphatic heterocycles. The molecule has 0 radical (unpaired) electrons. The van der Waals surface area contributed by atoms with Crippen molar-refractivity contribution in [1.29, 1.82) is 0 Å². The Balaban J connectivity index is 1.67. The topological polar surface area (TPSA) is 64.0 Å². The van der Waals surface area contributed by atoms with Crippen LogP contribution < -0.4 is 10.9 Å². The van der Waals surface area contributed by atoms with Crippen molar-refractivity contribution in [3.05, 3.63) is 63.9 Å². The van der Waals surface area contributed by atoms with E-state index in [1.54, 1.807) is 13.1 Å². The van der Waals surface area contributed by atoms with Crippen molar-refractivity contribution in [1.82, 2.24) is 9.55 Å². The van der Waals surface area contributed by atoms with Crippen LogP contribution in [0.3, 0.4) is 0 Å². The van der Waals surface area contributed by atoms with Crippen LogP contribution in [0.2, 0.25) is 0 Å². The molecule has 0 unspecified atom stereocenters. The highest BCUT2D eigenvalue weighted by molar-refractivity contribution is 7.99. The van der Waals surface area contributed by atoms with Crippen LogP contribution in [0.4, 0.5) is 5.69 Å².